The smallest absolute Gasteiger partial charge is 0.276 e. The van der Waals surface area contributed by atoms with E-state index in [1.807, 2.05) is 49.1 Å². The Morgan fingerprint density at radius 2 is 2.20 bits per heavy atom. The molecule has 1 aliphatic heterocycles. The first-order chi connectivity index (χ1) is 12.1. The Hall–Kier alpha value is -2.80. The van der Waals surface area contributed by atoms with Crippen molar-refractivity contribution in [1.29, 1.82) is 0 Å². The minimum absolute atomic E-state index is 0.0554. The van der Waals surface area contributed by atoms with E-state index in [9.17, 15) is 4.79 Å². The van der Waals surface area contributed by atoms with Gasteiger partial charge >= 0.3 is 0 Å². The molecule has 0 spiro atoms. The zero-order valence-electron chi connectivity index (χ0n) is 14.3. The first kappa shape index (κ1) is 15.7. The van der Waals surface area contributed by atoms with Crippen LogP contribution >= 0.6 is 0 Å². The number of amides is 1. The van der Waals surface area contributed by atoms with Crippen LogP contribution in [0.3, 0.4) is 0 Å². The molecule has 0 aliphatic carbocycles. The molecule has 1 aliphatic rings. The molecule has 2 aromatic heterocycles. The summed E-state index contributed by atoms with van der Waals surface area (Å²) in [5, 5.41) is 12.7. The number of rotatable bonds is 2. The second-order valence-corrected chi connectivity index (χ2v) is 6.37. The average molecular weight is 336 g/mol. The summed E-state index contributed by atoms with van der Waals surface area (Å²) < 4.78 is 1.71. The van der Waals surface area contributed by atoms with E-state index in [0.29, 0.717) is 12.2 Å². The predicted octanol–water partition coefficient (Wildman–Crippen LogP) is 1.56. The standard InChI is InChI=1S/C18H20N6O/c1-12-11-19-8-9-23(12)18(25)17-13(2)24(22-21-17)15-5-6-16-14(10-15)4-3-7-20-16/h3-7,10,12,19H,8-9,11H2,1-2H3. The number of nitrogens with zero attached hydrogens (tertiary/aromatic N) is 5. The van der Waals surface area contributed by atoms with E-state index in [-0.39, 0.29) is 11.9 Å². The Kier molecular flexibility index (Phi) is 3.93. The lowest BCUT2D eigenvalue weighted by Crippen LogP contribution is -2.52. The van der Waals surface area contributed by atoms with Gasteiger partial charge in [0, 0.05) is 37.3 Å². The highest BCUT2D eigenvalue weighted by atomic mass is 16.2. The molecule has 1 unspecified atom stereocenters. The second-order valence-electron chi connectivity index (χ2n) is 6.37. The van der Waals surface area contributed by atoms with Gasteiger partial charge in [-0.3, -0.25) is 9.78 Å². The van der Waals surface area contributed by atoms with E-state index >= 15 is 0 Å². The molecule has 1 fully saturated rings. The molecule has 7 heteroatoms. The Morgan fingerprint density at radius 1 is 1.32 bits per heavy atom. The summed E-state index contributed by atoms with van der Waals surface area (Å²) in [5.74, 6) is -0.0554. The van der Waals surface area contributed by atoms with Crippen LogP contribution in [0.15, 0.2) is 36.5 Å². The first-order valence-electron chi connectivity index (χ1n) is 8.44. The van der Waals surface area contributed by atoms with Crippen LogP contribution in [0.1, 0.15) is 23.1 Å². The van der Waals surface area contributed by atoms with Crippen LogP contribution in [0.5, 0.6) is 0 Å². The molecule has 0 radical (unpaired) electrons. The van der Waals surface area contributed by atoms with E-state index in [1.165, 1.54) is 0 Å². The van der Waals surface area contributed by atoms with Crippen LogP contribution in [0.2, 0.25) is 0 Å². The minimum Gasteiger partial charge on any atom is -0.332 e. The third-order valence-electron chi connectivity index (χ3n) is 4.69. The van der Waals surface area contributed by atoms with Gasteiger partial charge in [-0.25, -0.2) is 4.68 Å². The number of pyridine rings is 1. The third-order valence-corrected chi connectivity index (χ3v) is 4.69. The molecule has 0 saturated carbocycles. The summed E-state index contributed by atoms with van der Waals surface area (Å²) in [6.07, 6.45) is 1.77. The zero-order valence-corrected chi connectivity index (χ0v) is 14.3. The van der Waals surface area contributed by atoms with Gasteiger partial charge in [-0.05, 0) is 38.1 Å². The summed E-state index contributed by atoms with van der Waals surface area (Å²) >= 11 is 0. The molecular weight excluding hydrogens is 316 g/mol. The molecule has 1 N–H and O–H groups in total. The Labute approximate surface area is 145 Å². The van der Waals surface area contributed by atoms with Crippen molar-refractivity contribution in [2.75, 3.05) is 19.6 Å². The molecule has 128 valence electrons. The van der Waals surface area contributed by atoms with Gasteiger partial charge in [0.25, 0.3) is 5.91 Å². The topological polar surface area (TPSA) is 75.9 Å². The van der Waals surface area contributed by atoms with Crippen LogP contribution in [0, 0.1) is 6.92 Å². The molecule has 1 amide bonds. The van der Waals surface area contributed by atoms with Crippen molar-refractivity contribution < 1.29 is 4.79 Å². The highest BCUT2D eigenvalue weighted by Gasteiger charge is 2.28. The Balaban J connectivity index is 1.69. The Bertz CT molecular complexity index is 934. The number of piperazine rings is 1. The molecule has 4 rings (SSSR count). The van der Waals surface area contributed by atoms with Gasteiger partial charge < -0.3 is 10.2 Å². The summed E-state index contributed by atoms with van der Waals surface area (Å²) in [6, 6.07) is 9.96. The lowest BCUT2D eigenvalue weighted by Gasteiger charge is -2.33. The normalized spacial score (nSPS) is 17.8. The maximum atomic E-state index is 12.9. The fourth-order valence-corrected chi connectivity index (χ4v) is 3.25. The summed E-state index contributed by atoms with van der Waals surface area (Å²) in [7, 11) is 0. The second kappa shape index (κ2) is 6.25. The van der Waals surface area contributed by atoms with Gasteiger partial charge in [0.2, 0.25) is 0 Å². The quantitative estimate of drug-likeness (QED) is 0.768. The van der Waals surface area contributed by atoms with Crippen molar-refractivity contribution >= 4 is 16.8 Å². The lowest BCUT2D eigenvalue weighted by molar-refractivity contribution is 0.0649. The molecule has 1 atom stereocenters. The SMILES string of the molecule is Cc1c(C(=O)N2CCNCC2C)nnn1-c1ccc2ncccc2c1. The monoisotopic (exact) mass is 336 g/mol. The maximum absolute atomic E-state index is 12.9. The number of nitrogens with one attached hydrogen (secondary N) is 1. The van der Waals surface area contributed by atoms with Gasteiger partial charge in [0.05, 0.1) is 16.9 Å². The largest absolute Gasteiger partial charge is 0.332 e. The van der Waals surface area contributed by atoms with Gasteiger partial charge in [-0.1, -0.05) is 11.3 Å². The highest BCUT2D eigenvalue weighted by Crippen LogP contribution is 2.19. The predicted molar refractivity (Wildman–Crippen MR) is 94.8 cm³/mol. The van der Waals surface area contributed by atoms with Crippen molar-refractivity contribution in [2.24, 2.45) is 0 Å². The number of carbonyl (C=O) groups excluding carboxylic acids is 1. The lowest BCUT2D eigenvalue weighted by atomic mass is 10.1. The van der Waals surface area contributed by atoms with Crippen LogP contribution in [0.4, 0.5) is 0 Å². The van der Waals surface area contributed by atoms with Crippen molar-refractivity contribution in [2.45, 2.75) is 19.9 Å². The number of fused-ring (bicyclic) bond motifs is 1. The number of hydrogen-bond donors (Lipinski definition) is 1. The Morgan fingerprint density at radius 3 is 3.04 bits per heavy atom. The van der Waals surface area contributed by atoms with Gasteiger partial charge in [0.15, 0.2) is 5.69 Å². The van der Waals surface area contributed by atoms with Gasteiger partial charge in [-0.2, -0.15) is 0 Å². The summed E-state index contributed by atoms with van der Waals surface area (Å²) in [4.78, 5) is 19.1. The third kappa shape index (κ3) is 2.76. The zero-order chi connectivity index (χ0) is 17.4. The van der Waals surface area contributed by atoms with E-state index in [4.69, 9.17) is 0 Å². The minimum atomic E-state index is -0.0554. The molecule has 7 nitrogen and oxygen atoms in total. The molecule has 1 saturated heterocycles. The molecular formula is C18H20N6O. The fraction of sp³-hybridized carbons (Fsp3) is 0.333. The number of carbonyl (C=O) groups is 1. The van der Waals surface area contributed by atoms with E-state index < -0.39 is 0 Å². The van der Waals surface area contributed by atoms with E-state index in [1.54, 1.807) is 10.9 Å². The summed E-state index contributed by atoms with van der Waals surface area (Å²) in [6.45, 7) is 6.22. The van der Waals surface area contributed by atoms with Crippen molar-refractivity contribution in [3.8, 4) is 5.69 Å². The van der Waals surface area contributed by atoms with Crippen LogP contribution in [-0.2, 0) is 0 Å². The van der Waals surface area contributed by atoms with E-state index in [0.717, 1.165) is 35.4 Å². The van der Waals surface area contributed by atoms with Crippen molar-refractivity contribution in [1.82, 2.24) is 30.2 Å². The van der Waals surface area contributed by atoms with Gasteiger partial charge in [0.1, 0.15) is 0 Å². The van der Waals surface area contributed by atoms with E-state index in [2.05, 4.69) is 20.6 Å². The number of hydrogen-bond acceptors (Lipinski definition) is 5. The number of benzene rings is 1. The molecule has 3 heterocycles. The van der Waals surface area contributed by atoms with Crippen molar-refractivity contribution in [3.05, 3.63) is 47.9 Å². The van der Waals surface area contributed by atoms with Crippen molar-refractivity contribution in [3.63, 3.8) is 0 Å². The first-order valence-corrected chi connectivity index (χ1v) is 8.44. The van der Waals surface area contributed by atoms with Crippen LogP contribution in [-0.4, -0.2) is 56.5 Å². The molecule has 25 heavy (non-hydrogen) atoms. The van der Waals surface area contributed by atoms with Crippen LogP contribution < -0.4 is 5.32 Å². The number of aromatic nitrogens is 4. The average Bonchev–Trinajstić information content (AvgIpc) is 3.02. The molecule has 0 bridgehead atoms. The van der Waals surface area contributed by atoms with Gasteiger partial charge in [-0.15, -0.1) is 5.10 Å². The summed E-state index contributed by atoms with van der Waals surface area (Å²) in [5.41, 5.74) is 2.96. The molecule has 3 aromatic rings. The maximum Gasteiger partial charge on any atom is 0.276 e. The molecule has 1 aromatic carbocycles. The van der Waals surface area contributed by atoms with Crippen LogP contribution in [0.25, 0.3) is 16.6 Å². The highest BCUT2D eigenvalue weighted by molar-refractivity contribution is 5.93. The fourth-order valence-electron chi connectivity index (χ4n) is 3.25.